The molecule has 15 heteroatoms. The van der Waals surface area contributed by atoms with Gasteiger partial charge in [0.05, 0.1) is 25.6 Å². The lowest BCUT2D eigenvalue weighted by Gasteiger charge is -2.25. The summed E-state index contributed by atoms with van der Waals surface area (Å²) in [6, 6.07) is 5.01. The maximum absolute atomic E-state index is 13.2. The number of tetrazole rings is 1. The van der Waals surface area contributed by atoms with Gasteiger partial charge in [0.25, 0.3) is 0 Å². The SMILES string of the molecule is CCCCC(CC(=O)O)NC(=O)CCc1nc(N)nc(NC(CCCC)CC(=O)OC(C)(C)C)c1Cc1cc(Cc2nn[nH]n2)ccc1OC. The van der Waals surface area contributed by atoms with E-state index in [1.165, 1.54) is 0 Å². The van der Waals surface area contributed by atoms with Gasteiger partial charge in [-0.15, -0.1) is 10.2 Å². The standard InChI is InChI=1S/C35H53N9O6/c1-7-9-11-24(20-31(46)47)37-30(45)16-14-27-26(19-23-17-22(13-15-28(23)49-6)18-29-41-43-44-42-29)33(40-34(36)39-27)38-25(12-10-8-2)21-32(48)50-35(3,4)5/h13,15,17,24-25H,7-12,14,16,18-21H2,1-6H3,(H,37,45)(H,46,47)(H3,36,38,39,40)(H,41,42,43,44). The number of ether oxygens (including phenoxy) is 2. The molecule has 0 aliphatic carbocycles. The van der Waals surface area contributed by atoms with Crippen LogP contribution in [0.1, 0.15) is 121 Å². The number of H-pyrrole nitrogens is 1. The van der Waals surface area contributed by atoms with E-state index >= 15 is 0 Å². The van der Waals surface area contributed by atoms with Crippen LogP contribution in [-0.2, 0) is 38.4 Å². The van der Waals surface area contributed by atoms with Gasteiger partial charge in [0.2, 0.25) is 11.9 Å². The third-order valence-corrected chi connectivity index (χ3v) is 7.93. The monoisotopic (exact) mass is 695 g/mol. The normalized spacial score (nSPS) is 12.6. The number of methoxy groups -OCH3 is 1. The van der Waals surface area contributed by atoms with Crippen molar-refractivity contribution in [1.82, 2.24) is 35.9 Å². The number of nitrogens with one attached hydrogen (secondary N) is 3. The number of benzene rings is 1. The van der Waals surface area contributed by atoms with Gasteiger partial charge < -0.3 is 30.9 Å². The van der Waals surface area contributed by atoms with Crippen LogP contribution in [0.2, 0.25) is 0 Å². The number of aryl methyl sites for hydroxylation is 1. The van der Waals surface area contributed by atoms with Crippen molar-refractivity contribution in [1.29, 1.82) is 0 Å². The average molecular weight is 696 g/mol. The van der Waals surface area contributed by atoms with E-state index in [-0.39, 0.29) is 49.5 Å². The molecule has 50 heavy (non-hydrogen) atoms. The maximum atomic E-state index is 13.2. The van der Waals surface area contributed by atoms with Crippen molar-refractivity contribution in [2.45, 2.75) is 129 Å². The van der Waals surface area contributed by atoms with Crippen molar-refractivity contribution >= 4 is 29.6 Å². The van der Waals surface area contributed by atoms with Gasteiger partial charge in [0.1, 0.15) is 17.2 Å². The van der Waals surface area contributed by atoms with Crippen LogP contribution in [0.15, 0.2) is 18.2 Å². The number of unbranched alkanes of at least 4 members (excludes halogenated alkanes) is 2. The number of anilines is 2. The van der Waals surface area contributed by atoms with Gasteiger partial charge in [-0.25, -0.2) is 4.98 Å². The number of hydrogen-bond acceptors (Lipinski definition) is 12. The molecule has 2 unspecified atom stereocenters. The Kier molecular flexibility index (Phi) is 15.4. The Morgan fingerprint density at radius 3 is 2.36 bits per heavy atom. The summed E-state index contributed by atoms with van der Waals surface area (Å²) in [5, 5.41) is 30.0. The van der Waals surface area contributed by atoms with Gasteiger partial charge in [-0.1, -0.05) is 56.9 Å². The number of amides is 1. The first-order valence-electron chi connectivity index (χ1n) is 17.3. The Morgan fingerprint density at radius 1 is 1.02 bits per heavy atom. The summed E-state index contributed by atoms with van der Waals surface area (Å²) in [4.78, 5) is 46.7. The number of carbonyl (C=O) groups excluding carboxylic acids is 2. The van der Waals surface area contributed by atoms with Gasteiger partial charge >= 0.3 is 11.9 Å². The second kappa shape index (κ2) is 19.4. The zero-order chi connectivity index (χ0) is 36.7. The van der Waals surface area contributed by atoms with E-state index in [0.29, 0.717) is 54.3 Å². The summed E-state index contributed by atoms with van der Waals surface area (Å²) in [5.74, 6) is 0.0611. The molecular formula is C35H53N9O6. The number of hydrogen-bond donors (Lipinski definition) is 5. The molecule has 0 aliphatic rings. The summed E-state index contributed by atoms with van der Waals surface area (Å²) in [7, 11) is 1.59. The number of carbonyl (C=O) groups is 3. The Hall–Kier alpha value is -4.82. The predicted octanol–water partition coefficient (Wildman–Crippen LogP) is 4.55. The number of aromatic nitrogens is 6. The van der Waals surface area contributed by atoms with Crippen LogP contribution in [0.5, 0.6) is 5.75 Å². The molecule has 0 bridgehead atoms. The number of nitrogens with zero attached hydrogens (tertiary/aromatic N) is 5. The van der Waals surface area contributed by atoms with E-state index in [0.717, 1.165) is 36.8 Å². The second-order valence-electron chi connectivity index (χ2n) is 13.5. The molecule has 0 saturated heterocycles. The smallest absolute Gasteiger partial charge is 0.308 e. The molecule has 0 spiro atoms. The molecule has 0 radical (unpaired) electrons. The highest BCUT2D eigenvalue weighted by Gasteiger charge is 2.24. The summed E-state index contributed by atoms with van der Waals surface area (Å²) in [5.41, 5.74) is 8.64. The molecule has 6 N–H and O–H groups in total. The number of aromatic amines is 1. The van der Waals surface area contributed by atoms with E-state index in [4.69, 9.17) is 15.2 Å². The van der Waals surface area contributed by atoms with Crippen molar-refractivity contribution in [2.24, 2.45) is 0 Å². The first-order valence-corrected chi connectivity index (χ1v) is 17.3. The lowest BCUT2D eigenvalue weighted by Crippen LogP contribution is -2.36. The topological polar surface area (TPSA) is 220 Å². The third kappa shape index (κ3) is 13.6. The predicted molar refractivity (Wildman–Crippen MR) is 189 cm³/mol. The highest BCUT2D eigenvalue weighted by atomic mass is 16.6. The molecule has 3 rings (SSSR count). The number of nitrogens with two attached hydrogens (primary N) is 1. The van der Waals surface area contributed by atoms with E-state index in [2.05, 4.69) is 48.1 Å². The van der Waals surface area contributed by atoms with Crippen molar-refractivity contribution in [3.05, 3.63) is 46.4 Å². The highest BCUT2D eigenvalue weighted by molar-refractivity contribution is 5.78. The Morgan fingerprint density at radius 2 is 1.74 bits per heavy atom. The number of nitrogen functional groups attached to an aromatic ring is 1. The first kappa shape index (κ1) is 39.6. The lowest BCUT2D eigenvalue weighted by atomic mass is 9.97. The molecule has 3 aromatic rings. The van der Waals surface area contributed by atoms with E-state index in [9.17, 15) is 19.5 Å². The quantitative estimate of drug-likeness (QED) is 0.0967. The Labute approximate surface area is 293 Å². The molecular weight excluding hydrogens is 642 g/mol. The van der Waals surface area contributed by atoms with Gasteiger partial charge in [0, 0.05) is 36.9 Å². The van der Waals surface area contributed by atoms with Crippen LogP contribution in [-0.4, -0.2) is 78.3 Å². The highest BCUT2D eigenvalue weighted by Crippen LogP contribution is 2.30. The van der Waals surface area contributed by atoms with Crippen LogP contribution < -0.4 is 21.1 Å². The molecule has 0 fully saturated rings. The van der Waals surface area contributed by atoms with Crippen molar-refractivity contribution in [3.63, 3.8) is 0 Å². The second-order valence-corrected chi connectivity index (χ2v) is 13.5. The fourth-order valence-corrected chi connectivity index (χ4v) is 5.64. The zero-order valence-corrected chi connectivity index (χ0v) is 30.2. The fourth-order valence-electron chi connectivity index (χ4n) is 5.64. The molecule has 15 nitrogen and oxygen atoms in total. The third-order valence-electron chi connectivity index (χ3n) is 7.93. The van der Waals surface area contributed by atoms with Gasteiger partial charge in [-0.2, -0.15) is 10.2 Å². The minimum Gasteiger partial charge on any atom is -0.496 e. The fraction of sp³-hybridized carbons (Fsp3) is 0.600. The average Bonchev–Trinajstić information content (AvgIpc) is 3.54. The molecule has 2 aromatic heterocycles. The zero-order valence-electron chi connectivity index (χ0n) is 30.2. The van der Waals surface area contributed by atoms with Crippen LogP contribution in [0.25, 0.3) is 0 Å². The number of carboxylic acids is 1. The molecule has 274 valence electrons. The van der Waals surface area contributed by atoms with E-state index in [1.54, 1.807) is 7.11 Å². The Bertz CT molecular complexity index is 1540. The van der Waals surface area contributed by atoms with Crippen LogP contribution >= 0.6 is 0 Å². The van der Waals surface area contributed by atoms with E-state index in [1.807, 2.05) is 45.9 Å². The number of aliphatic carboxylic acids is 1. The molecule has 2 atom stereocenters. The first-order chi connectivity index (χ1) is 23.8. The minimum atomic E-state index is -0.965. The van der Waals surface area contributed by atoms with Gasteiger partial charge in [-0.05, 0) is 57.2 Å². The molecule has 0 aliphatic heterocycles. The number of rotatable bonds is 21. The largest absolute Gasteiger partial charge is 0.496 e. The Balaban J connectivity index is 2.01. The van der Waals surface area contributed by atoms with Crippen LogP contribution in [0.4, 0.5) is 11.8 Å². The van der Waals surface area contributed by atoms with E-state index < -0.39 is 17.6 Å². The maximum Gasteiger partial charge on any atom is 0.308 e. The molecule has 1 amide bonds. The lowest BCUT2D eigenvalue weighted by molar-refractivity contribution is -0.155. The summed E-state index contributed by atoms with van der Waals surface area (Å²) >= 11 is 0. The minimum absolute atomic E-state index is 0.0164. The van der Waals surface area contributed by atoms with Gasteiger partial charge in [-0.3, -0.25) is 14.4 Å². The van der Waals surface area contributed by atoms with Crippen molar-refractivity contribution in [3.8, 4) is 5.75 Å². The van der Waals surface area contributed by atoms with Crippen molar-refractivity contribution in [2.75, 3.05) is 18.2 Å². The molecule has 0 saturated carbocycles. The van der Waals surface area contributed by atoms with Crippen LogP contribution in [0, 0.1) is 0 Å². The summed E-state index contributed by atoms with van der Waals surface area (Å²) in [6.45, 7) is 9.60. The van der Waals surface area contributed by atoms with Gasteiger partial charge in [0.15, 0.2) is 5.82 Å². The molecule has 1 aromatic carbocycles. The summed E-state index contributed by atoms with van der Waals surface area (Å²) in [6.07, 6.45) is 5.73. The number of esters is 1. The number of carboxylic acid groups (broad SMARTS) is 1. The van der Waals surface area contributed by atoms with Crippen molar-refractivity contribution < 1.29 is 29.0 Å². The molecule has 2 heterocycles. The van der Waals surface area contributed by atoms with Crippen LogP contribution in [0.3, 0.4) is 0 Å². The summed E-state index contributed by atoms with van der Waals surface area (Å²) < 4.78 is 11.4.